The summed E-state index contributed by atoms with van der Waals surface area (Å²) in [6.45, 7) is 4.32. The smallest absolute Gasteiger partial charge is 0.124 e. The fourth-order valence-corrected chi connectivity index (χ4v) is 2.02. The first-order chi connectivity index (χ1) is 8.86. The molecule has 0 aromatic heterocycles. The number of nitrogens with two attached hydrogens (primary N) is 1. The van der Waals surface area contributed by atoms with Crippen LogP contribution in [-0.4, -0.2) is 19.8 Å². The molecule has 0 spiro atoms. The normalized spacial score (nSPS) is 10.8. The van der Waals surface area contributed by atoms with E-state index in [-0.39, 0.29) is 0 Å². The van der Waals surface area contributed by atoms with Gasteiger partial charge in [-0.1, -0.05) is 30.3 Å². The van der Waals surface area contributed by atoms with Crippen molar-refractivity contribution >= 4 is 10.8 Å². The van der Waals surface area contributed by atoms with E-state index in [1.807, 2.05) is 25.1 Å². The van der Waals surface area contributed by atoms with Crippen molar-refractivity contribution in [3.05, 3.63) is 42.0 Å². The van der Waals surface area contributed by atoms with Gasteiger partial charge in [0.15, 0.2) is 0 Å². The van der Waals surface area contributed by atoms with E-state index in [4.69, 9.17) is 15.2 Å². The van der Waals surface area contributed by atoms with E-state index in [2.05, 4.69) is 18.2 Å². The zero-order chi connectivity index (χ0) is 12.8. The molecule has 18 heavy (non-hydrogen) atoms. The third-order valence-electron chi connectivity index (χ3n) is 2.89. The predicted molar refractivity (Wildman–Crippen MR) is 73.8 cm³/mol. The quantitative estimate of drug-likeness (QED) is 0.796. The van der Waals surface area contributed by atoms with Gasteiger partial charge in [0, 0.05) is 18.7 Å². The minimum Gasteiger partial charge on any atom is -0.491 e. The topological polar surface area (TPSA) is 44.5 Å². The van der Waals surface area contributed by atoms with Gasteiger partial charge >= 0.3 is 0 Å². The van der Waals surface area contributed by atoms with Crippen LogP contribution in [0.1, 0.15) is 12.5 Å². The summed E-state index contributed by atoms with van der Waals surface area (Å²) in [4.78, 5) is 0. The fraction of sp³-hybridized carbons (Fsp3) is 0.333. The highest BCUT2D eigenvalue weighted by Crippen LogP contribution is 2.27. The van der Waals surface area contributed by atoms with Gasteiger partial charge in [0.1, 0.15) is 12.4 Å². The summed E-state index contributed by atoms with van der Waals surface area (Å²) in [6, 6.07) is 12.2. The molecule has 0 heterocycles. The molecule has 0 unspecified atom stereocenters. The molecule has 0 saturated heterocycles. The van der Waals surface area contributed by atoms with Gasteiger partial charge in [-0.3, -0.25) is 0 Å². The summed E-state index contributed by atoms with van der Waals surface area (Å²) in [7, 11) is 0. The van der Waals surface area contributed by atoms with Crippen molar-refractivity contribution in [1.82, 2.24) is 0 Å². The average Bonchev–Trinajstić information content (AvgIpc) is 2.43. The van der Waals surface area contributed by atoms with Gasteiger partial charge in [0.05, 0.1) is 6.61 Å². The lowest BCUT2D eigenvalue weighted by molar-refractivity contribution is 0.110. The van der Waals surface area contributed by atoms with Gasteiger partial charge in [0.2, 0.25) is 0 Å². The molecule has 0 bridgehead atoms. The van der Waals surface area contributed by atoms with Crippen molar-refractivity contribution in [2.24, 2.45) is 5.73 Å². The number of hydrogen-bond acceptors (Lipinski definition) is 3. The van der Waals surface area contributed by atoms with Crippen LogP contribution < -0.4 is 10.5 Å². The maximum Gasteiger partial charge on any atom is 0.124 e. The molecule has 3 nitrogen and oxygen atoms in total. The molecule has 0 radical (unpaired) electrons. The highest BCUT2D eigenvalue weighted by atomic mass is 16.5. The highest BCUT2D eigenvalue weighted by Gasteiger charge is 2.06. The molecule has 0 aliphatic heterocycles. The lowest BCUT2D eigenvalue weighted by Crippen LogP contribution is -2.09. The van der Waals surface area contributed by atoms with E-state index < -0.39 is 0 Å². The van der Waals surface area contributed by atoms with Crippen molar-refractivity contribution in [2.75, 3.05) is 19.8 Å². The van der Waals surface area contributed by atoms with Crippen molar-refractivity contribution in [2.45, 2.75) is 13.5 Å². The lowest BCUT2D eigenvalue weighted by Gasteiger charge is -2.13. The molecule has 2 N–H and O–H groups in total. The summed E-state index contributed by atoms with van der Waals surface area (Å²) >= 11 is 0. The predicted octanol–water partition coefficient (Wildman–Crippen LogP) is 2.71. The zero-order valence-corrected chi connectivity index (χ0v) is 10.7. The summed E-state index contributed by atoms with van der Waals surface area (Å²) in [6.07, 6.45) is 0. The lowest BCUT2D eigenvalue weighted by atomic mass is 10.0. The van der Waals surface area contributed by atoms with Gasteiger partial charge in [0.25, 0.3) is 0 Å². The van der Waals surface area contributed by atoms with E-state index in [0.29, 0.717) is 26.4 Å². The van der Waals surface area contributed by atoms with Crippen LogP contribution in [0.4, 0.5) is 0 Å². The highest BCUT2D eigenvalue weighted by molar-refractivity contribution is 5.87. The summed E-state index contributed by atoms with van der Waals surface area (Å²) in [5.74, 6) is 0.857. The van der Waals surface area contributed by atoms with Gasteiger partial charge < -0.3 is 15.2 Å². The average molecular weight is 245 g/mol. The molecule has 2 rings (SSSR count). The molecule has 0 amide bonds. The van der Waals surface area contributed by atoms with Gasteiger partial charge in [-0.25, -0.2) is 0 Å². The number of hydrogen-bond donors (Lipinski definition) is 1. The largest absolute Gasteiger partial charge is 0.491 e. The Morgan fingerprint density at radius 1 is 1.06 bits per heavy atom. The van der Waals surface area contributed by atoms with Crippen LogP contribution in [0.15, 0.2) is 36.4 Å². The third-order valence-corrected chi connectivity index (χ3v) is 2.89. The maximum absolute atomic E-state index is 5.84. The Labute approximate surface area is 108 Å². The molecule has 0 atom stereocenters. The summed E-state index contributed by atoms with van der Waals surface area (Å²) in [5, 5.41) is 2.35. The molecule has 2 aromatic rings. The minimum atomic E-state index is 0.478. The Morgan fingerprint density at radius 2 is 1.89 bits per heavy atom. The van der Waals surface area contributed by atoms with Crippen molar-refractivity contribution < 1.29 is 9.47 Å². The van der Waals surface area contributed by atoms with Crippen LogP contribution in [0.3, 0.4) is 0 Å². The second-order valence-corrected chi connectivity index (χ2v) is 4.01. The molecule has 0 aliphatic rings. The van der Waals surface area contributed by atoms with Crippen LogP contribution in [0, 0.1) is 0 Å². The van der Waals surface area contributed by atoms with Crippen LogP contribution in [-0.2, 0) is 11.3 Å². The number of rotatable bonds is 6. The molecule has 0 saturated carbocycles. The monoisotopic (exact) mass is 245 g/mol. The maximum atomic E-state index is 5.84. The van der Waals surface area contributed by atoms with E-state index >= 15 is 0 Å². The van der Waals surface area contributed by atoms with Crippen LogP contribution >= 0.6 is 0 Å². The summed E-state index contributed by atoms with van der Waals surface area (Å²) in [5.41, 5.74) is 6.90. The van der Waals surface area contributed by atoms with Crippen molar-refractivity contribution in [3.63, 3.8) is 0 Å². The standard InChI is InChI=1S/C15H19NO2/c1-2-17-9-10-18-15-8-7-12-5-3-4-6-13(12)14(15)11-16/h3-8H,2,9-11,16H2,1H3. The summed E-state index contributed by atoms with van der Waals surface area (Å²) < 4.78 is 11.0. The molecular formula is C15H19NO2. The van der Waals surface area contributed by atoms with Gasteiger partial charge in [-0.2, -0.15) is 0 Å². The first kappa shape index (κ1) is 12.9. The number of ether oxygens (including phenoxy) is 2. The second-order valence-electron chi connectivity index (χ2n) is 4.01. The third kappa shape index (κ3) is 2.81. The van der Waals surface area contributed by atoms with E-state index in [0.717, 1.165) is 16.7 Å². The van der Waals surface area contributed by atoms with Gasteiger partial charge in [-0.15, -0.1) is 0 Å². The van der Waals surface area contributed by atoms with E-state index in [1.54, 1.807) is 0 Å². The van der Waals surface area contributed by atoms with Gasteiger partial charge in [-0.05, 0) is 23.8 Å². The molecule has 96 valence electrons. The Kier molecular flexibility index (Phi) is 4.56. The van der Waals surface area contributed by atoms with Crippen LogP contribution in [0.2, 0.25) is 0 Å². The van der Waals surface area contributed by atoms with E-state index in [9.17, 15) is 0 Å². The first-order valence-corrected chi connectivity index (χ1v) is 6.28. The second kappa shape index (κ2) is 6.38. The zero-order valence-electron chi connectivity index (χ0n) is 10.7. The van der Waals surface area contributed by atoms with Crippen molar-refractivity contribution in [3.8, 4) is 5.75 Å². The van der Waals surface area contributed by atoms with Crippen molar-refractivity contribution in [1.29, 1.82) is 0 Å². The minimum absolute atomic E-state index is 0.478. The van der Waals surface area contributed by atoms with Crippen LogP contribution in [0.25, 0.3) is 10.8 Å². The Bertz CT molecular complexity index is 511. The first-order valence-electron chi connectivity index (χ1n) is 6.28. The molecule has 0 aliphatic carbocycles. The molecule has 3 heteroatoms. The Hall–Kier alpha value is -1.58. The van der Waals surface area contributed by atoms with Crippen LogP contribution in [0.5, 0.6) is 5.75 Å². The number of benzene rings is 2. The Balaban J connectivity index is 2.22. The Morgan fingerprint density at radius 3 is 2.67 bits per heavy atom. The molecule has 0 fully saturated rings. The number of fused-ring (bicyclic) bond motifs is 1. The SMILES string of the molecule is CCOCCOc1ccc2ccccc2c1CN. The fourth-order valence-electron chi connectivity index (χ4n) is 2.02. The molecule has 2 aromatic carbocycles. The van der Waals surface area contributed by atoms with E-state index in [1.165, 1.54) is 5.39 Å². The molecular weight excluding hydrogens is 226 g/mol.